The van der Waals surface area contributed by atoms with E-state index >= 15 is 0 Å². The fourth-order valence-electron chi connectivity index (χ4n) is 1.25. The second-order valence-corrected chi connectivity index (χ2v) is 6.78. The Balaban J connectivity index is 2.01. The molecule has 0 saturated carbocycles. The van der Waals surface area contributed by atoms with Gasteiger partial charge in [-0.15, -0.1) is 11.3 Å². The average Bonchev–Trinajstić information content (AvgIpc) is 2.78. The molecule has 1 N–H and O–H groups in total. The highest BCUT2D eigenvalue weighted by molar-refractivity contribution is 9.11. The van der Waals surface area contributed by atoms with Crippen LogP contribution >= 0.6 is 50.5 Å². The highest BCUT2D eigenvalue weighted by Crippen LogP contribution is 2.22. The Labute approximate surface area is 132 Å². The molecule has 1 aromatic heterocycles. The monoisotopic (exact) mass is 376 g/mol. The van der Waals surface area contributed by atoms with Gasteiger partial charge in [-0.1, -0.05) is 23.2 Å². The summed E-state index contributed by atoms with van der Waals surface area (Å²) in [5.74, 6) is -0.342. The predicted molar refractivity (Wildman–Crippen MR) is 83.5 cm³/mol. The molecule has 0 unspecified atom stereocenters. The Bertz CT molecular complexity index is 642. The Hall–Kier alpha value is -0.880. The summed E-state index contributed by atoms with van der Waals surface area (Å²) in [4.78, 5) is 12.7. The normalized spacial score (nSPS) is 10.9. The van der Waals surface area contributed by atoms with Crippen LogP contribution in [0.2, 0.25) is 10.0 Å². The molecule has 0 aliphatic heterocycles. The van der Waals surface area contributed by atoms with Gasteiger partial charge in [0.1, 0.15) is 0 Å². The quantitative estimate of drug-likeness (QED) is 0.617. The molecule has 2 aromatic rings. The number of hydrazone groups is 1. The first kappa shape index (κ1) is 14.5. The molecule has 2 rings (SSSR count). The van der Waals surface area contributed by atoms with Crippen molar-refractivity contribution in [3.63, 3.8) is 0 Å². The summed E-state index contributed by atoms with van der Waals surface area (Å²) >= 11 is 16.5. The van der Waals surface area contributed by atoms with Crippen LogP contribution in [0.1, 0.15) is 15.2 Å². The van der Waals surface area contributed by atoms with E-state index in [2.05, 4.69) is 26.5 Å². The van der Waals surface area contributed by atoms with Crippen molar-refractivity contribution in [3.05, 3.63) is 54.6 Å². The van der Waals surface area contributed by atoms with E-state index in [9.17, 15) is 4.79 Å². The second-order valence-electron chi connectivity index (χ2n) is 3.47. The largest absolute Gasteiger partial charge is 0.271 e. The molecule has 3 nitrogen and oxygen atoms in total. The van der Waals surface area contributed by atoms with Crippen molar-refractivity contribution in [3.8, 4) is 0 Å². The number of carbonyl (C=O) groups is 1. The van der Waals surface area contributed by atoms with Crippen molar-refractivity contribution in [1.82, 2.24) is 5.43 Å². The maximum atomic E-state index is 11.8. The van der Waals surface area contributed by atoms with E-state index in [0.717, 1.165) is 8.66 Å². The van der Waals surface area contributed by atoms with E-state index in [1.54, 1.807) is 18.3 Å². The van der Waals surface area contributed by atoms with Gasteiger partial charge in [-0.2, -0.15) is 5.10 Å². The van der Waals surface area contributed by atoms with E-state index in [1.165, 1.54) is 17.4 Å². The SMILES string of the molecule is O=C(NN=Cc1ccc(Br)s1)c1ccc(Cl)c(Cl)c1. The van der Waals surface area contributed by atoms with Crippen molar-refractivity contribution in [2.75, 3.05) is 0 Å². The number of hydrogen-bond donors (Lipinski definition) is 1. The van der Waals surface area contributed by atoms with Crippen LogP contribution in [0.25, 0.3) is 0 Å². The summed E-state index contributed by atoms with van der Waals surface area (Å²) < 4.78 is 1.00. The molecule has 0 saturated heterocycles. The molecule has 7 heteroatoms. The smallest absolute Gasteiger partial charge is 0.267 e. The zero-order valence-electron chi connectivity index (χ0n) is 9.36. The van der Waals surface area contributed by atoms with Crippen molar-refractivity contribution in [2.45, 2.75) is 0 Å². The van der Waals surface area contributed by atoms with Gasteiger partial charge in [0, 0.05) is 10.4 Å². The Morgan fingerprint density at radius 3 is 2.68 bits per heavy atom. The minimum atomic E-state index is -0.342. The van der Waals surface area contributed by atoms with Crippen LogP contribution in [0.4, 0.5) is 0 Å². The number of amides is 1. The zero-order chi connectivity index (χ0) is 13.8. The van der Waals surface area contributed by atoms with Crippen molar-refractivity contribution in [2.24, 2.45) is 5.10 Å². The molecule has 98 valence electrons. The predicted octanol–water partition coefficient (Wildman–Crippen LogP) is 4.58. The zero-order valence-corrected chi connectivity index (χ0v) is 13.3. The Morgan fingerprint density at radius 1 is 1.26 bits per heavy atom. The van der Waals surface area contributed by atoms with E-state index < -0.39 is 0 Å². The molecular formula is C12H7BrCl2N2OS. The lowest BCUT2D eigenvalue weighted by molar-refractivity contribution is 0.0955. The summed E-state index contributed by atoms with van der Waals surface area (Å²) in [6, 6.07) is 8.45. The number of hydrogen-bond acceptors (Lipinski definition) is 3. The third-order valence-corrected chi connectivity index (χ3v) is 4.43. The molecule has 0 spiro atoms. The highest BCUT2D eigenvalue weighted by Gasteiger charge is 2.06. The van der Waals surface area contributed by atoms with Gasteiger partial charge in [0.2, 0.25) is 0 Å². The molecule has 1 aromatic carbocycles. The maximum Gasteiger partial charge on any atom is 0.271 e. The summed E-state index contributed by atoms with van der Waals surface area (Å²) in [5, 5.41) is 4.61. The molecule has 0 bridgehead atoms. The third-order valence-electron chi connectivity index (χ3n) is 2.13. The molecule has 0 atom stereocenters. The molecule has 1 heterocycles. The standard InChI is InChI=1S/C12H7BrCl2N2OS/c13-11-4-2-8(19-11)6-16-17-12(18)7-1-3-9(14)10(15)5-7/h1-6H,(H,17,18). The fraction of sp³-hybridized carbons (Fsp3) is 0. The average molecular weight is 378 g/mol. The number of benzene rings is 1. The third kappa shape index (κ3) is 4.04. The molecule has 0 aliphatic carbocycles. The van der Waals surface area contributed by atoms with Gasteiger partial charge in [-0.3, -0.25) is 4.79 Å². The lowest BCUT2D eigenvalue weighted by atomic mass is 10.2. The molecular weight excluding hydrogens is 371 g/mol. The van der Waals surface area contributed by atoms with Gasteiger partial charge < -0.3 is 0 Å². The topological polar surface area (TPSA) is 41.5 Å². The first-order valence-corrected chi connectivity index (χ1v) is 7.46. The van der Waals surface area contributed by atoms with Crippen molar-refractivity contribution >= 4 is 62.6 Å². The van der Waals surface area contributed by atoms with Gasteiger partial charge in [-0.05, 0) is 46.3 Å². The van der Waals surface area contributed by atoms with Gasteiger partial charge in [-0.25, -0.2) is 5.43 Å². The number of thiophene rings is 1. The first-order valence-electron chi connectivity index (χ1n) is 5.10. The van der Waals surface area contributed by atoms with Crippen LogP contribution in [0.3, 0.4) is 0 Å². The second kappa shape index (κ2) is 6.52. The van der Waals surface area contributed by atoms with Crippen LogP contribution in [-0.4, -0.2) is 12.1 Å². The summed E-state index contributed by atoms with van der Waals surface area (Å²) in [6.07, 6.45) is 1.57. The van der Waals surface area contributed by atoms with E-state index in [-0.39, 0.29) is 5.91 Å². The summed E-state index contributed by atoms with van der Waals surface area (Å²) in [7, 11) is 0. The minimum Gasteiger partial charge on any atom is -0.267 e. The number of halogens is 3. The van der Waals surface area contributed by atoms with Crippen LogP contribution in [0.5, 0.6) is 0 Å². The molecule has 0 aliphatic rings. The molecule has 0 fully saturated rings. The number of nitrogens with one attached hydrogen (secondary N) is 1. The van der Waals surface area contributed by atoms with Crippen molar-refractivity contribution in [1.29, 1.82) is 0 Å². The first-order chi connectivity index (χ1) is 9.06. The van der Waals surface area contributed by atoms with E-state index in [4.69, 9.17) is 23.2 Å². The van der Waals surface area contributed by atoms with Crippen LogP contribution in [-0.2, 0) is 0 Å². The lowest BCUT2D eigenvalue weighted by Gasteiger charge is -2.01. The Morgan fingerprint density at radius 2 is 2.05 bits per heavy atom. The van der Waals surface area contributed by atoms with Gasteiger partial charge in [0.15, 0.2) is 0 Å². The maximum absolute atomic E-state index is 11.8. The molecule has 0 radical (unpaired) electrons. The van der Waals surface area contributed by atoms with E-state index in [0.29, 0.717) is 15.6 Å². The van der Waals surface area contributed by atoms with Crippen LogP contribution < -0.4 is 5.43 Å². The van der Waals surface area contributed by atoms with Crippen LogP contribution in [0, 0.1) is 0 Å². The van der Waals surface area contributed by atoms with E-state index in [1.807, 2.05) is 12.1 Å². The van der Waals surface area contributed by atoms with Gasteiger partial charge in [0.05, 0.1) is 20.0 Å². The number of carbonyl (C=O) groups excluding carboxylic acids is 1. The fourth-order valence-corrected chi connectivity index (χ4v) is 2.85. The Kier molecular flexibility index (Phi) is 4.99. The number of rotatable bonds is 3. The highest BCUT2D eigenvalue weighted by atomic mass is 79.9. The summed E-state index contributed by atoms with van der Waals surface area (Å²) in [6.45, 7) is 0. The number of nitrogens with zero attached hydrogens (tertiary/aromatic N) is 1. The molecule has 1 amide bonds. The van der Waals surface area contributed by atoms with Crippen LogP contribution in [0.15, 0.2) is 39.2 Å². The van der Waals surface area contributed by atoms with Gasteiger partial charge in [0.25, 0.3) is 5.91 Å². The molecule has 19 heavy (non-hydrogen) atoms. The van der Waals surface area contributed by atoms with Crippen molar-refractivity contribution < 1.29 is 4.79 Å². The summed E-state index contributed by atoms with van der Waals surface area (Å²) in [5.41, 5.74) is 2.83. The van der Waals surface area contributed by atoms with Gasteiger partial charge >= 0.3 is 0 Å². The minimum absolute atomic E-state index is 0.334. The lowest BCUT2D eigenvalue weighted by Crippen LogP contribution is -2.17.